The maximum absolute atomic E-state index is 13.9. The number of aromatic nitrogens is 1. The molecule has 4 nitrogen and oxygen atoms in total. The highest BCUT2D eigenvalue weighted by Gasteiger charge is 2.24. The Morgan fingerprint density at radius 3 is 3.00 bits per heavy atom. The number of rotatable bonds is 5. The first-order valence-corrected chi connectivity index (χ1v) is 7.65. The van der Waals surface area contributed by atoms with Gasteiger partial charge in [0.25, 0.3) is 0 Å². The van der Waals surface area contributed by atoms with Gasteiger partial charge in [-0.15, -0.1) is 0 Å². The summed E-state index contributed by atoms with van der Waals surface area (Å²) in [5.41, 5.74) is 0.699. The largest absolute Gasteiger partial charge is 0.383 e. The second kappa shape index (κ2) is 7.45. The normalized spacial score (nSPS) is 21.3. The summed E-state index contributed by atoms with van der Waals surface area (Å²) in [6.07, 6.45) is 1.64. The standard InChI is InChI=1S/C14H21BrFN3O/c1-11-9-18(5-6-19(11)7-8-20-2)10-12-3-4-17-14(15)13(12)16/h3-4,11H,5-10H2,1-2H3. The molecule has 1 aliphatic rings. The molecule has 20 heavy (non-hydrogen) atoms. The van der Waals surface area contributed by atoms with Gasteiger partial charge in [0, 0.05) is 57.6 Å². The van der Waals surface area contributed by atoms with Gasteiger partial charge < -0.3 is 4.74 Å². The molecule has 2 heterocycles. The van der Waals surface area contributed by atoms with Gasteiger partial charge in [0.1, 0.15) is 4.60 Å². The lowest BCUT2D eigenvalue weighted by molar-refractivity contribution is 0.0552. The van der Waals surface area contributed by atoms with Crippen molar-refractivity contribution < 1.29 is 9.13 Å². The molecule has 1 aromatic heterocycles. The predicted molar refractivity (Wildman–Crippen MR) is 80.1 cm³/mol. The third-order valence-corrected chi connectivity index (χ3v) is 4.31. The van der Waals surface area contributed by atoms with Crippen molar-refractivity contribution in [1.82, 2.24) is 14.8 Å². The van der Waals surface area contributed by atoms with Gasteiger partial charge in [-0.1, -0.05) is 0 Å². The molecule has 1 saturated heterocycles. The van der Waals surface area contributed by atoms with Crippen molar-refractivity contribution in [2.75, 3.05) is 39.9 Å². The first-order chi connectivity index (χ1) is 9.61. The zero-order valence-electron chi connectivity index (χ0n) is 12.0. The number of pyridine rings is 1. The first-order valence-electron chi connectivity index (χ1n) is 6.86. The van der Waals surface area contributed by atoms with Crippen molar-refractivity contribution in [3.8, 4) is 0 Å². The van der Waals surface area contributed by atoms with Gasteiger partial charge in [0.15, 0.2) is 5.82 Å². The SMILES string of the molecule is COCCN1CCN(Cc2ccnc(Br)c2F)CC1C. The summed E-state index contributed by atoms with van der Waals surface area (Å²) in [5.74, 6) is -0.248. The minimum atomic E-state index is -0.248. The Bertz CT molecular complexity index is 446. The van der Waals surface area contributed by atoms with Crippen LogP contribution in [0, 0.1) is 5.82 Å². The van der Waals surface area contributed by atoms with Crippen LogP contribution in [0.4, 0.5) is 4.39 Å². The lowest BCUT2D eigenvalue weighted by atomic mass is 10.1. The van der Waals surface area contributed by atoms with E-state index in [-0.39, 0.29) is 5.82 Å². The molecule has 0 spiro atoms. The molecule has 0 bridgehead atoms. The lowest BCUT2D eigenvalue weighted by Crippen LogP contribution is -2.52. The first kappa shape index (κ1) is 15.8. The molecule has 0 saturated carbocycles. The molecule has 6 heteroatoms. The molecule has 1 aliphatic heterocycles. The lowest BCUT2D eigenvalue weighted by Gasteiger charge is -2.39. The van der Waals surface area contributed by atoms with Crippen molar-refractivity contribution in [3.63, 3.8) is 0 Å². The Morgan fingerprint density at radius 2 is 2.30 bits per heavy atom. The van der Waals surface area contributed by atoms with Gasteiger partial charge in [0.2, 0.25) is 0 Å². The van der Waals surface area contributed by atoms with E-state index in [9.17, 15) is 4.39 Å². The molecule has 1 atom stereocenters. The van der Waals surface area contributed by atoms with Gasteiger partial charge in [-0.2, -0.15) is 0 Å². The summed E-state index contributed by atoms with van der Waals surface area (Å²) in [6.45, 7) is 7.46. The second-order valence-corrected chi connectivity index (χ2v) is 5.94. The minimum absolute atomic E-state index is 0.248. The van der Waals surface area contributed by atoms with Crippen LogP contribution in [0.3, 0.4) is 0 Å². The van der Waals surface area contributed by atoms with Crippen molar-refractivity contribution in [2.24, 2.45) is 0 Å². The Morgan fingerprint density at radius 1 is 1.50 bits per heavy atom. The van der Waals surface area contributed by atoms with Crippen molar-refractivity contribution in [2.45, 2.75) is 19.5 Å². The van der Waals surface area contributed by atoms with Gasteiger partial charge in [-0.3, -0.25) is 9.80 Å². The molecule has 1 fully saturated rings. The van der Waals surface area contributed by atoms with Crippen LogP contribution in [-0.2, 0) is 11.3 Å². The van der Waals surface area contributed by atoms with Crippen LogP contribution < -0.4 is 0 Å². The molecule has 0 radical (unpaired) electrons. The molecule has 0 N–H and O–H groups in total. The molecule has 112 valence electrons. The summed E-state index contributed by atoms with van der Waals surface area (Å²) in [7, 11) is 1.73. The molecule has 1 unspecified atom stereocenters. The van der Waals surface area contributed by atoms with E-state index >= 15 is 0 Å². The summed E-state index contributed by atoms with van der Waals surface area (Å²) < 4.78 is 19.4. The van der Waals surface area contributed by atoms with E-state index in [2.05, 4.69) is 37.6 Å². The van der Waals surface area contributed by atoms with Crippen LogP contribution in [0.5, 0.6) is 0 Å². The summed E-state index contributed by atoms with van der Waals surface area (Å²) in [6, 6.07) is 2.22. The third kappa shape index (κ3) is 3.97. The summed E-state index contributed by atoms with van der Waals surface area (Å²) >= 11 is 3.13. The van der Waals surface area contributed by atoms with E-state index in [0.29, 0.717) is 22.8 Å². The zero-order chi connectivity index (χ0) is 14.5. The zero-order valence-corrected chi connectivity index (χ0v) is 13.6. The monoisotopic (exact) mass is 345 g/mol. The minimum Gasteiger partial charge on any atom is -0.383 e. The second-order valence-electron chi connectivity index (χ2n) is 5.19. The van der Waals surface area contributed by atoms with Gasteiger partial charge in [-0.05, 0) is 28.9 Å². The number of methoxy groups -OCH3 is 1. The summed E-state index contributed by atoms with van der Waals surface area (Å²) in [5, 5.41) is 0. The van der Waals surface area contributed by atoms with E-state index in [1.165, 1.54) is 0 Å². The van der Waals surface area contributed by atoms with Crippen LogP contribution in [0.15, 0.2) is 16.9 Å². The van der Waals surface area contributed by atoms with Gasteiger partial charge in [0.05, 0.1) is 6.61 Å². The number of hydrogen-bond acceptors (Lipinski definition) is 4. The molecular weight excluding hydrogens is 325 g/mol. The number of halogens is 2. The van der Waals surface area contributed by atoms with Crippen LogP contribution in [-0.4, -0.2) is 60.7 Å². The average Bonchev–Trinajstić information content (AvgIpc) is 2.43. The topological polar surface area (TPSA) is 28.6 Å². The smallest absolute Gasteiger partial charge is 0.160 e. The number of hydrogen-bond donors (Lipinski definition) is 0. The van der Waals surface area contributed by atoms with Crippen molar-refractivity contribution in [3.05, 3.63) is 28.2 Å². The number of ether oxygens (including phenoxy) is 1. The molecule has 0 aliphatic carbocycles. The van der Waals surface area contributed by atoms with Crippen molar-refractivity contribution in [1.29, 1.82) is 0 Å². The molecule has 1 aromatic rings. The number of piperazine rings is 1. The molecule has 0 aromatic carbocycles. The fourth-order valence-corrected chi connectivity index (χ4v) is 2.95. The highest BCUT2D eigenvalue weighted by molar-refractivity contribution is 9.10. The third-order valence-electron chi connectivity index (χ3n) is 3.75. The van der Waals surface area contributed by atoms with E-state index in [4.69, 9.17) is 4.74 Å². The maximum Gasteiger partial charge on any atom is 0.160 e. The van der Waals surface area contributed by atoms with E-state index in [1.54, 1.807) is 19.4 Å². The quantitative estimate of drug-likeness (QED) is 0.764. The predicted octanol–water partition coefficient (Wildman–Crippen LogP) is 2.14. The van der Waals surface area contributed by atoms with Crippen LogP contribution >= 0.6 is 15.9 Å². The molecular formula is C14H21BrFN3O. The Kier molecular flexibility index (Phi) is 5.89. The Hall–Kier alpha value is -0.560. The Labute approximate surface area is 128 Å². The molecule has 0 amide bonds. The van der Waals surface area contributed by atoms with Gasteiger partial charge >= 0.3 is 0 Å². The van der Waals surface area contributed by atoms with Crippen LogP contribution in [0.2, 0.25) is 0 Å². The van der Waals surface area contributed by atoms with Gasteiger partial charge in [-0.25, -0.2) is 9.37 Å². The highest BCUT2D eigenvalue weighted by Crippen LogP contribution is 2.19. The number of nitrogens with zero attached hydrogens (tertiary/aromatic N) is 3. The Balaban J connectivity index is 1.91. The van der Waals surface area contributed by atoms with E-state index < -0.39 is 0 Å². The van der Waals surface area contributed by atoms with Crippen LogP contribution in [0.1, 0.15) is 12.5 Å². The molecule has 2 rings (SSSR count). The average molecular weight is 346 g/mol. The van der Waals surface area contributed by atoms with Crippen LogP contribution in [0.25, 0.3) is 0 Å². The van der Waals surface area contributed by atoms with E-state index in [1.807, 2.05) is 0 Å². The van der Waals surface area contributed by atoms with E-state index in [0.717, 1.165) is 32.8 Å². The van der Waals surface area contributed by atoms with Crippen molar-refractivity contribution >= 4 is 15.9 Å². The fourth-order valence-electron chi connectivity index (χ4n) is 2.57. The highest BCUT2D eigenvalue weighted by atomic mass is 79.9. The fraction of sp³-hybridized carbons (Fsp3) is 0.643. The summed E-state index contributed by atoms with van der Waals surface area (Å²) in [4.78, 5) is 8.60. The maximum atomic E-state index is 13.9.